The van der Waals surface area contributed by atoms with E-state index in [4.69, 9.17) is 16.3 Å². The maximum atomic E-state index is 11.6. The van der Waals surface area contributed by atoms with Crippen LogP contribution in [0.25, 0.3) is 0 Å². The molecule has 2 atom stereocenters. The van der Waals surface area contributed by atoms with Gasteiger partial charge in [-0.3, -0.25) is 20.4 Å². The lowest BCUT2D eigenvalue weighted by atomic mass is 10.2. The molecule has 5 nitrogen and oxygen atoms in total. The zero-order valence-corrected chi connectivity index (χ0v) is 13.6. The van der Waals surface area contributed by atoms with Crippen molar-refractivity contribution in [3.05, 3.63) is 28.8 Å². The Morgan fingerprint density at radius 1 is 1.36 bits per heavy atom. The van der Waals surface area contributed by atoms with Crippen LogP contribution in [0.5, 0.6) is 5.75 Å². The number of ether oxygens (including phenoxy) is 1. The second-order valence-electron chi connectivity index (χ2n) is 5.72. The molecule has 2 unspecified atom stereocenters. The Morgan fingerprint density at radius 2 is 2.09 bits per heavy atom. The van der Waals surface area contributed by atoms with Crippen LogP contribution >= 0.6 is 11.6 Å². The normalized spacial score (nSPS) is 19.4. The summed E-state index contributed by atoms with van der Waals surface area (Å²) in [6.07, 6.45) is 1.77. The average molecular weight is 325 g/mol. The lowest BCUT2D eigenvalue weighted by Gasteiger charge is -2.10. The largest absolute Gasteiger partial charge is 0.493 e. The number of amides is 2. The van der Waals surface area contributed by atoms with Gasteiger partial charge in [0.15, 0.2) is 0 Å². The predicted molar refractivity (Wildman–Crippen MR) is 84.5 cm³/mol. The number of carbonyl (C=O) groups is 2. The lowest BCUT2D eigenvalue weighted by molar-refractivity contribution is -0.129. The molecule has 1 aromatic rings. The van der Waals surface area contributed by atoms with E-state index in [0.717, 1.165) is 17.7 Å². The Labute approximate surface area is 135 Å². The van der Waals surface area contributed by atoms with Crippen LogP contribution in [0.1, 0.15) is 31.7 Å². The second-order valence-corrected chi connectivity index (χ2v) is 6.16. The van der Waals surface area contributed by atoms with E-state index >= 15 is 0 Å². The van der Waals surface area contributed by atoms with Gasteiger partial charge in [0.05, 0.1) is 6.61 Å². The van der Waals surface area contributed by atoms with Crippen molar-refractivity contribution in [1.82, 2.24) is 10.9 Å². The summed E-state index contributed by atoms with van der Waals surface area (Å²) in [7, 11) is 0. The molecule has 0 aromatic heterocycles. The number of aryl methyl sites for hydroxylation is 1. The first-order valence-corrected chi connectivity index (χ1v) is 7.83. The van der Waals surface area contributed by atoms with Crippen LogP contribution in [0.15, 0.2) is 18.2 Å². The summed E-state index contributed by atoms with van der Waals surface area (Å²) in [4.78, 5) is 23.1. The predicted octanol–water partition coefficient (Wildman–Crippen LogP) is 2.61. The molecule has 0 radical (unpaired) electrons. The fraction of sp³-hybridized carbons (Fsp3) is 0.500. The smallest absolute Gasteiger partial charge is 0.241 e. The van der Waals surface area contributed by atoms with Gasteiger partial charge in [0.25, 0.3) is 0 Å². The van der Waals surface area contributed by atoms with Crippen LogP contribution in [0.4, 0.5) is 0 Å². The van der Waals surface area contributed by atoms with Gasteiger partial charge in [-0.05, 0) is 49.4 Å². The lowest BCUT2D eigenvalue weighted by Crippen LogP contribution is -2.42. The first kappa shape index (κ1) is 16.6. The third-order valence-corrected chi connectivity index (χ3v) is 3.95. The number of carbonyl (C=O) groups excluding carboxylic acids is 2. The van der Waals surface area contributed by atoms with Crippen LogP contribution in [0.2, 0.25) is 5.02 Å². The first-order chi connectivity index (χ1) is 10.5. The molecule has 0 aliphatic heterocycles. The fourth-order valence-corrected chi connectivity index (χ4v) is 2.39. The maximum absolute atomic E-state index is 11.6. The SMILES string of the molecule is Cc1cc(Cl)ccc1OCCCC(=O)NNC(=O)C1CC1C. The minimum atomic E-state index is -0.210. The van der Waals surface area contributed by atoms with Gasteiger partial charge >= 0.3 is 0 Å². The molecular weight excluding hydrogens is 304 g/mol. The number of hydrazine groups is 1. The van der Waals surface area contributed by atoms with E-state index in [0.29, 0.717) is 30.4 Å². The van der Waals surface area contributed by atoms with Crippen molar-refractivity contribution in [1.29, 1.82) is 0 Å². The maximum Gasteiger partial charge on any atom is 0.241 e. The molecule has 0 spiro atoms. The highest BCUT2D eigenvalue weighted by Crippen LogP contribution is 2.37. The van der Waals surface area contributed by atoms with Crippen molar-refractivity contribution in [3.63, 3.8) is 0 Å². The highest BCUT2D eigenvalue weighted by Gasteiger charge is 2.39. The average Bonchev–Trinajstić information content (AvgIpc) is 3.20. The molecule has 120 valence electrons. The molecule has 1 saturated carbocycles. The standard InChI is InChI=1S/C16H21ClN2O3/c1-10-9-13(10)16(21)19-18-15(20)4-3-7-22-14-6-5-12(17)8-11(14)2/h5-6,8,10,13H,3-4,7,9H2,1-2H3,(H,18,20)(H,19,21). The minimum Gasteiger partial charge on any atom is -0.493 e. The van der Waals surface area contributed by atoms with E-state index in [1.54, 1.807) is 6.07 Å². The fourth-order valence-electron chi connectivity index (χ4n) is 2.16. The Hall–Kier alpha value is -1.75. The number of rotatable bonds is 6. The molecular formula is C16H21ClN2O3. The third kappa shape index (κ3) is 4.91. The quantitative estimate of drug-likeness (QED) is 0.624. The summed E-state index contributed by atoms with van der Waals surface area (Å²) in [5.41, 5.74) is 5.85. The monoisotopic (exact) mass is 324 g/mol. The van der Waals surface area contributed by atoms with Gasteiger partial charge in [-0.2, -0.15) is 0 Å². The molecule has 0 bridgehead atoms. The molecule has 1 aromatic carbocycles. The summed E-state index contributed by atoms with van der Waals surface area (Å²) in [6.45, 7) is 4.37. The van der Waals surface area contributed by atoms with Gasteiger partial charge in [-0.15, -0.1) is 0 Å². The Bertz CT molecular complexity index is 562. The summed E-state index contributed by atoms with van der Waals surface area (Å²) in [6, 6.07) is 5.41. The molecule has 6 heteroatoms. The summed E-state index contributed by atoms with van der Waals surface area (Å²) in [5.74, 6) is 0.928. The number of nitrogens with one attached hydrogen (secondary N) is 2. The summed E-state index contributed by atoms with van der Waals surface area (Å²) < 4.78 is 5.60. The molecule has 0 heterocycles. The van der Waals surface area contributed by atoms with Gasteiger partial charge in [0, 0.05) is 17.4 Å². The topological polar surface area (TPSA) is 67.4 Å². The van der Waals surface area contributed by atoms with Crippen LogP contribution in [-0.2, 0) is 9.59 Å². The summed E-state index contributed by atoms with van der Waals surface area (Å²) >= 11 is 5.87. The number of hydrogen-bond acceptors (Lipinski definition) is 3. The Balaban J connectivity index is 1.59. The molecule has 1 fully saturated rings. The Kier molecular flexibility index (Phi) is 5.66. The van der Waals surface area contributed by atoms with Crippen molar-refractivity contribution in [2.75, 3.05) is 6.61 Å². The van der Waals surface area contributed by atoms with E-state index in [1.165, 1.54) is 0 Å². The molecule has 2 rings (SSSR count). The van der Waals surface area contributed by atoms with Crippen LogP contribution in [0.3, 0.4) is 0 Å². The highest BCUT2D eigenvalue weighted by molar-refractivity contribution is 6.30. The van der Waals surface area contributed by atoms with Crippen LogP contribution in [-0.4, -0.2) is 18.4 Å². The first-order valence-electron chi connectivity index (χ1n) is 7.45. The van der Waals surface area contributed by atoms with E-state index in [-0.39, 0.29) is 17.7 Å². The van der Waals surface area contributed by atoms with Crippen LogP contribution < -0.4 is 15.6 Å². The van der Waals surface area contributed by atoms with E-state index in [1.807, 2.05) is 26.0 Å². The zero-order valence-electron chi connectivity index (χ0n) is 12.8. The van der Waals surface area contributed by atoms with Crippen molar-refractivity contribution in [2.45, 2.75) is 33.1 Å². The number of hydrogen-bond donors (Lipinski definition) is 2. The number of halogens is 1. The van der Waals surface area contributed by atoms with E-state index in [9.17, 15) is 9.59 Å². The van der Waals surface area contributed by atoms with E-state index in [2.05, 4.69) is 10.9 Å². The minimum absolute atomic E-state index is 0.0523. The van der Waals surface area contributed by atoms with Crippen molar-refractivity contribution in [3.8, 4) is 5.75 Å². The van der Waals surface area contributed by atoms with Gasteiger partial charge in [-0.25, -0.2) is 0 Å². The van der Waals surface area contributed by atoms with Gasteiger partial charge in [0.2, 0.25) is 11.8 Å². The summed E-state index contributed by atoms with van der Waals surface area (Å²) in [5, 5.41) is 0.671. The molecule has 2 amide bonds. The highest BCUT2D eigenvalue weighted by atomic mass is 35.5. The zero-order chi connectivity index (χ0) is 16.1. The number of benzene rings is 1. The third-order valence-electron chi connectivity index (χ3n) is 3.71. The second kappa shape index (κ2) is 7.49. The Morgan fingerprint density at radius 3 is 2.73 bits per heavy atom. The molecule has 1 aliphatic carbocycles. The molecule has 0 saturated heterocycles. The van der Waals surface area contributed by atoms with Crippen molar-refractivity contribution < 1.29 is 14.3 Å². The molecule has 22 heavy (non-hydrogen) atoms. The van der Waals surface area contributed by atoms with Crippen LogP contribution in [0, 0.1) is 18.8 Å². The molecule has 1 aliphatic rings. The molecule has 2 N–H and O–H groups in total. The van der Waals surface area contributed by atoms with E-state index < -0.39 is 0 Å². The van der Waals surface area contributed by atoms with Crippen molar-refractivity contribution >= 4 is 23.4 Å². The van der Waals surface area contributed by atoms with Crippen molar-refractivity contribution in [2.24, 2.45) is 11.8 Å². The van der Waals surface area contributed by atoms with Gasteiger partial charge in [0.1, 0.15) is 5.75 Å². The van der Waals surface area contributed by atoms with Gasteiger partial charge < -0.3 is 4.74 Å². The van der Waals surface area contributed by atoms with Gasteiger partial charge in [-0.1, -0.05) is 18.5 Å².